The van der Waals surface area contributed by atoms with Gasteiger partial charge in [0.15, 0.2) is 0 Å². The van der Waals surface area contributed by atoms with Crippen molar-refractivity contribution in [3.05, 3.63) is 0 Å². The van der Waals surface area contributed by atoms with Crippen molar-refractivity contribution >= 4 is 18.3 Å². The molecular weight excluding hydrogens is 274 g/mol. The molecule has 0 aromatic heterocycles. The third-order valence-electron chi connectivity index (χ3n) is 4.69. The SMILES string of the molecule is CC1CC(CN)CN1CC(=O)NC1CCCCCC1.Cl. The summed E-state index contributed by atoms with van der Waals surface area (Å²) in [5.74, 6) is 0.775. The largest absolute Gasteiger partial charge is 0.352 e. The van der Waals surface area contributed by atoms with E-state index in [1.165, 1.54) is 25.7 Å². The third kappa shape index (κ3) is 5.23. The molecule has 118 valence electrons. The first-order valence-electron chi connectivity index (χ1n) is 7.92. The summed E-state index contributed by atoms with van der Waals surface area (Å²) in [5, 5.41) is 3.23. The van der Waals surface area contributed by atoms with Crippen LogP contribution in [-0.2, 0) is 4.79 Å². The van der Waals surface area contributed by atoms with Gasteiger partial charge in [0.05, 0.1) is 6.54 Å². The molecule has 1 saturated carbocycles. The van der Waals surface area contributed by atoms with Crippen LogP contribution in [0.2, 0.25) is 0 Å². The zero-order chi connectivity index (χ0) is 13.7. The van der Waals surface area contributed by atoms with E-state index in [0.29, 0.717) is 24.5 Å². The molecule has 1 aliphatic heterocycles. The van der Waals surface area contributed by atoms with E-state index in [1.54, 1.807) is 0 Å². The lowest BCUT2D eigenvalue weighted by molar-refractivity contribution is -0.123. The maximum absolute atomic E-state index is 12.1. The standard InChI is InChI=1S/C15H29N3O.ClH/c1-12-8-13(9-16)10-18(12)11-15(19)17-14-6-4-2-3-5-7-14;/h12-14H,2-11,16H2,1H3,(H,17,19);1H. The number of hydrogen-bond donors (Lipinski definition) is 2. The van der Waals surface area contributed by atoms with Crippen molar-refractivity contribution in [2.45, 2.75) is 64.0 Å². The number of hydrogen-bond acceptors (Lipinski definition) is 3. The van der Waals surface area contributed by atoms with Crippen LogP contribution in [0.15, 0.2) is 0 Å². The van der Waals surface area contributed by atoms with Gasteiger partial charge in [0.25, 0.3) is 0 Å². The van der Waals surface area contributed by atoms with Crippen LogP contribution >= 0.6 is 12.4 Å². The molecule has 0 radical (unpaired) electrons. The molecule has 0 aromatic rings. The van der Waals surface area contributed by atoms with E-state index >= 15 is 0 Å². The molecule has 1 saturated heterocycles. The molecule has 20 heavy (non-hydrogen) atoms. The lowest BCUT2D eigenvalue weighted by Crippen LogP contribution is -2.43. The molecule has 4 nitrogen and oxygen atoms in total. The predicted octanol–water partition coefficient (Wildman–Crippen LogP) is 1.92. The van der Waals surface area contributed by atoms with Crippen molar-refractivity contribution in [3.8, 4) is 0 Å². The fourth-order valence-electron chi connectivity index (χ4n) is 3.49. The van der Waals surface area contributed by atoms with Crippen molar-refractivity contribution < 1.29 is 4.79 Å². The van der Waals surface area contributed by atoms with Crippen LogP contribution in [0.5, 0.6) is 0 Å². The number of nitrogens with two attached hydrogens (primary N) is 1. The fraction of sp³-hybridized carbons (Fsp3) is 0.933. The summed E-state index contributed by atoms with van der Waals surface area (Å²) < 4.78 is 0. The molecular formula is C15H30ClN3O. The number of nitrogens with zero attached hydrogens (tertiary/aromatic N) is 1. The normalized spacial score (nSPS) is 28.7. The molecule has 5 heteroatoms. The number of likely N-dealkylation sites (tertiary alicyclic amines) is 1. The molecule has 2 rings (SSSR count). The lowest BCUT2D eigenvalue weighted by Gasteiger charge is -2.23. The summed E-state index contributed by atoms with van der Waals surface area (Å²) in [5.41, 5.74) is 5.73. The van der Waals surface area contributed by atoms with Crippen molar-refractivity contribution in [1.82, 2.24) is 10.2 Å². The molecule has 0 spiro atoms. The first kappa shape index (κ1) is 17.7. The van der Waals surface area contributed by atoms with Gasteiger partial charge in [0.1, 0.15) is 0 Å². The van der Waals surface area contributed by atoms with E-state index in [2.05, 4.69) is 17.1 Å². The minimum atomic E-state index is 0. The Hall–Kier alpha value is -0.320. The predicted molar refractivity (Wildman–Crippen MR) is 85.1 cm³/mol. The quantitative estimate of drug-likeness (QED) is 0.780. The van der Waals surface area contributed by atoms with Gasteiger partial charge in [-0.15, -0.1) is 12.4 Å². The van der Waals surface area contributed by atoms with E-state index in [1.807, 2.05) is 0 Å². The Labute approximate surface area is 129 Å². The zero-order valence-corrected chi connectivity index (χ0v) is 13.5. The molecule has 2 atom stereocenters. The topological polar surface area (TPSA) is 58.4 Å². The molecule has 0 aromatic carbocycles. The fourth-order valence-corrected chi connectivity index (χ4v) is 3.49. The van der Waals surface area contributed by atoms with Gasteiger partial charge < -0.3 is 11.1 Å². The second-order valence-corrected chi connectivity index (χ2v) is 6.37. The minimum absolute atomic E-state index is 0. The first-order chi connectivity index (χ1) is 9.19. The summed E-state index contributed by atoms with van der Waals surface area (Å²) in [6, 6.07) is 0.909. The van der Waals surface area contributed by atoms with Crippen LogP contribution in [0.3, 0.4) is 0 Å². The van der Waals surface area contributed by atoms with Gasteiger partial charge in [-0.3, -0.25) is 9.69 Å². The molecule has 1 amide bonds. The molecule has 3 N–H and O–H groups in total. The smallest absolute Gasteiger partial charge is 0.234 e. The molecule has 1 aliphatic carbocycles. The number of nitrogens with one attached hydrogen (secondary N) is 1. The Morgan fingerprint density at radius 1 is 1.25 bits per heavy atom. The van der Waals surface area contributed by atoms with Crippen molar-refractivity contribution in [1.29, 1.82) is 0 Å². The van der Waals surface area contributed by atoms with Gasteiger partial charge in [-0.25, -0.2) is 0 Å². The Kier molecular flexibility index (Phi) is 7.85. The van der Waals surface area contributed by atoms with Crippen LogP contribution in [0.1, 0.15) is 51.9 Å². The number of halogens is 1. The van der Waals surface area contributed by atoms with Crippen molar-refractivity contribution in [2.75, 3.05) is 19.6 Å². The highest BCUT2D eigenvalue weighted by atomic mass is 35.5. The second kappa shape index (κ2) is 8.85. The summed E-state index contributed by atoms with van der Waals surface area (Å²) in [7, 11) is 0. The number of amides is 1. The highest BCUT2D eigenvalue weighted by Crippen LogP contribution is 2.22. The molecule has 0 bridgehead atoms. The first-order valence-corrected chi connectivity index (χ1v) is 7.92. The van der Waals surface area contributed by atoms with Gasteiger partial charge in [-0.1, -0.05) is 25.7 Å². The number of rotatable bonds is 4. The Morgan fingerprint density at radius 3 is 2.45 bits per heavy atom. The Balaban J connectivity index is 0.00000200. The van der Waals surface area contributed by atoms with Crippen LogP contribution in [-0.4, -0.2) is 42.5 Å². The number of carbonyl (C=O) groups is 1. The maximum atomic E-state index is 12.1. The summed E-state index contributed by atoms with van der Waals surface area (Å²) in [6.07, 6.45) is 8.63. The average Bonchev–Trinajstić information content (AvgIpc) is 2.59. The lowest BCUT2D eigenvalue weighted by atomic mass is 10.1. The van der Waals surface area contributed by atoms with Gasteiger partial charge >= 0.3 is 0 Å². The van der Waals surface area contributed by atoms with E-state index < -0.39 is 0 Å². The zero-order valence-electron chi connectivity index (χ0n) is 12.6. The molecule has 2 aliphatic rings. The highest BCUT2D eigenvalue weighted by Gasteiger charge is 2.29. The summed E-state index contributed by atoms with van der Waals surface area (Å²) >= 11 is 0. The van der Waals surface area contributed by atoms with Crippen LogP contribution in [0.4, 0.5) is 0 Å². The average molecular weight is 304 g/mol. The van der Waals surface area contributed by atoms with Gasteiger partial charge in [0, 0.05) is 18.6 Å². The molecule has 2 unspecified atom stereocenters. The van der Waals surface area contributed by atoms with Gasteiger partial charge in [0.2, 0.25) is 5.91 Å². The third-order valence-corrected chi connectivity index (χ3v) is 4.69. The second-order valence-electron chi connectivity index (χ2n) is 6.37. The van der Waals surface area contributed by atoms with Crippen molar-refractivity contribution in [3.63, 3.8) is 0 Å². The molecule has 1 heterocycles. The van der Waals surface area contributed by atoms with Crippen molar-refractivity contribution in [2.24, 2.45) is 11.7 Å². The van der Waals surface area contributed by atoms with E-state index in [4.69, 9.17) is 5.73 Å². The minimum Gasteiger partial charge on any atom is -0.352 e. The monoisotopic (exact) mass is 303 g/mol. The van der Waals surface area contributed by atoms with E-state index in [0.717, 1.165) is 32.4 Å². The van der Waals surface area contributed by atoms with Gasteiger partial charge in [-0.2, -0.15) is 0 Å². The van der Waals surface area contributed by atoms with Crippen LogP contribution in [0.25, 0.3) is 0 Å². The maximum Gasteiger partial charge on any atom is 0.234 e. The van der Waals surface area contributed by atoms with Crippen LogP contribution in [0, 0.1) is 5.92 Å². The Bertz CT molecular complexity index is 293. The number of carbonyl (C=O) groups excluding carboxylic acids is 1. The summed E-state index contributed by atoms with van der Waals surface area (Å²) in [6.45, 7) is 4.48. The summed E-state index contributed by atoms with van der Waals surface area (Å²) in [4.78, 5) is 14.4. The van der Waals surface area contributed by atoms with E-state index in [9.17, 15) is 4.79 Å². The van der Waals surface area contributed by atoms with E-state index in [-0.39, 0.29) is 18.3 Å². The van der Waals surface area contributed by atoms with Crippen LogP contribution < -0.4 is 11.1 Å². The molecule has 2 fully saturated rings. The Morgan fingerprint density at radius 2 is 1.90 bits per heavy atom. The van der Waals surface area contributed by atoms with Gasteiger partial charge in [-0.05, 0) is 38.6 Å². The highest BCUT2D eigenvalue weighted by molar-refractivity contribution is 5.85.